The topological polar surface area (TPSA) is 61.4 Å². The van der Waals surface area contributed by atoms with Crippen molar-refractivity contribution in [1.29, 1.82) is 0 Å². The molecule has 21 heavy (non-hydrogen) atoms. The van der Waals surface area contributed by atoms with E-state index in [4.69, 9.17) is 12.2 Å². The number of hydrogen-bond acceptors (Lipinski definition) is 2. The molecule has 1 atom stereocenters. The molecule has 1 aliphatic rings. The van der Waals surface area contributed by atoms with Crippen molar-refractivity contribution in [3.05, 3.63) is 35.9 Å². The SMILES string of the molecule is O=C(O)[C@@H](Cc1ccccc1)NC(=S)NC1CCCCC1. The van der Waals surface area contributed by atoms with Crippen LogP contribution in [0.25, 0.3) is 0 Å². The van der Waals surface area contributed by atoms with Crippen LogP contribution < -0.4 is 10.6 Å². The molecule has 2 rings (SSSR count). The molecule has 0 heterocycles. The molecule has 5 heteroatoms. The lowest BCUT2D eigenvalue weighted by atomic mass is 9.96. The van der Waals surface area contributed by atoms with E-state index in [9.17, 15) is 9.90 Å². The minimum Gasteiger partial charge on any atom is -0.480 e. The van der Waals surface area contributed by atoms with Gasteiger partial charge in [-0.2, -0.15) is 0 Å². The van der Waals surface area contributed by atoms with E-state index in [1.807, 2.05) is 30.3 Å². The third-order valence-corrected chi connectivity index (χ3v) is 4.06. The smallest absolute Gasteiger partial charge is 0.326 e. The lowest BCUT2D eigenvalue weighted by Gasteiger charge is -2.26. The summed E-state index contributed by atoms with van der Waals surface area (Å²) in [5.74, 6) is -0.883. The molecule has 0 spiro atoms. The van der Waals surface area contributed by atoms with Gasteiger partial charge in [-0.1, -0.05) is 49.6 Å². The van der Waals surface area contributed by atoms with Crippen LogP contribution in [0.2, 0.25) is 0 Å². The second-order valence-corrected chi connectivity index (χ2v) is 5.94. The van der Waals surface area contributed by atoms with E-state index < -0.39 is 12.0 Å². The van der Waals surface area contributed by atoms with Crippen LogP contribution >= 0.6 is 12.2 Å². The van der Waals surface area contributed by atoms with E-state index in [0.29, 0.717) is 17.6 Å². The van der Waals surface area contributed by atoms with Crippen LogP contribution in [0, 0.1) is 0 Å². The highest BCUT2D eigenvalue weighted by Gasteiger charge is 2.20. The number of carbonyl (C=O) groups is 1. The van der Waals surface area contributed by atoms with E-state index in [1.54, 1.807) is 0 Å². The van der Waals surface area contributed by atoms with E-state index in [-0.39, 0.29) is 0 Å². The van der Waals surface area contributed by atoms with Gasteiger partial charge in [-0.25, -0.2) is 4.79 Å². The Bertz CT molecular complexity index is 472. The zero-order chi connectivity index (χ0) is 15.1. The number of thiocarbonyl (C=S) groups is 1. The molecule has 0 bridgehead atoms. The van der Waals surface area contributed by atoms with Gasteiger partial charge in [0.15, 0.2) is 5.11 Å². The fourth-order valence-corrected chi connectivity index (χ4v) is 2.99. The molecule has 1 aromatic rings. The lowest BCUT2D eigenvalue weighted by Crippen LogP contribution is -2.50. The van der Waals surface area contributed by atoms with Crippen molar-refractivity contribution in [3.8, 4) is 0 Å². The summed E-state index contributed by atoms with van der Waals surface area (Å²) in [6, 6.07) is 9.27. The number of rotatable bonds is 5. The molecule has 1 saturated carbocycles. The van der Waals surface area contributed by atoms with Gasteiger partial charge in [-0.05, 0) is 30.6 Å². The summed E-state index contributed by atoms with van der Waals surface area (Å²) < 4.78 is 0. The van der Waals surface area contributed by atoms with Gasteiger partial charge in [-0.3, -0.25) is 0 Å². The third kappa shape index (κ3) is 5.34. The van der Waals surface area contributed by atoms with Gasteiger partial charge in [0.25, 0.3) is 0 Å². The fraction of sp³-hybridized carbons (Fsp3) is 0.500. The zero-order valence-electron chi connectivity index (χ0n) is 12.0. The summed E-state index contributed by atoms with van der Waals surface area (Å²) in [6.07, 6.45) is 6.35. The Labute approximate surface area is 130 Å². The van der Waals surface area contributed by atoms with Crippen molar-refractivity contribution in [3.63, 3.8) is 0 Å². The van der Waals surface area contributed by atoms with Crippen LogP contribution in [0.5, 0.6) is 0 Å². The van der Waals surface area contributed by atoms with Crippen molar-refractivity contribution in [2.45, 2.75) is 50.6 Å². The summed E-state index contributed by atoms with van der Waals surface area (Å²) in [7, 11) is 0. The van der Waals surface area contributed by atoms with Crippen LogP contribution in [-0.2, 0) is 11.2 Å². The molecular weight excluding hydrogens is 284 g/mol. The number of carboxylic acids is 1. The summed E-state index contributed by atoms with van der Waals surface area (Å²) in [5.41, 5.74) is 0.984. The number of hydrogen-bond donors (Lipinski definition) is 3. The van der Waals surface area contributed by atoms with Crippen molar-refractivity contribution in [2.24, 2.45) is 0 Å². The Kier molecular flexibility index (Phi) is 5.99. The Morgan fingerprint density at radius 1 is 1.24 bits per heavy atom. The maximum Gasteiger partial charge on any atom is 0.326 e. The Balaban J connectivity index is 1.86. The zero-order valence-corrected chi connectivity index (χ0v) is 12.9. The second-order valence-electron chi connectivity index (χ2n) is 5.53. The third-order valence-electron chi connectivity index (χ3n) is 3.83. The summed E-state index contributed by atoms with van der Waals surface area (Å²) in [6.45, 7) is 0. The normalized spacial score (nSPS) is 17.0. The van der Waals surface area contributed by atoms with Crippen LogP contribution in [0.4, 0.5) is 0 Å². The second kappa shape index (κ2) is 7.98. The van der Waals surface area contributed by atoms with Crippen molar-refractivity contribution >= 4 is 23.3 Å². The van der Waals surface area contributed by atoms with Crippen molar-refractivity contribution < 1.29 is 9.90 Å². The van der Waals surface area contributed by atoms with E-state index in [0.717, 1.165) is 18.4 Å². The first-order valence-corrected chi connectivity index (χ1v) is 7.90. The molecule has 114 valence electrons. The largest absolute Gasteiger partial charge is 0.480 e. The molecule has 1 fully saturated rings. The number of aliphatic carboxylic acids is 1. The molecule has 0 amide bonds. The van der Waals surface area contributed by atoms with Crippen LogP contribution in [0.15, 0.2) is 30.3 Å². The predicted molar refractivity (Wildman–Crippen MR) is 87.3 cm³/mol. The van der Waals surface area contributed by atoms with Crippen molar-refractivity contribution in [1.82, 2.24) is 10.6 Å². The first kappa shape index (κ1) is 15.8. The number of carboxylic acid groups (broad SMARTS) is 1. The molecule has 0 aliphatic heterocycles. The van der Waals surface area contributed by atoms with Crippen LogP contribution in [-0.4, -0.2) is 28.3 Å². The van der Waals surface area contributed by atoms with Gasteiger partial charge in [0, 0.05) is 12.5 Å². The minimum absolute atomic E-state index is 0.380. The average molecular weight is 306 g/mol. The van der Waals surface area contributed by atoms with Gasteiger partial charge in [0.05, 0.1) is 0 Å². The molecular formula is C16H22N2O2S. The Morgan fingerprint density at radius 2 is 1.90 bits per heavy atom. The molecule has 4 nitrogen and oxygen atoms in total. The molecule has 1 aromatic carbocycles. The van der Waals surface area contributed by atoms with Gasteiger partial charge in [0.2, 0.25) is 0 Å². The van der Waals surface area contributed by atoms with Gasteiger partial charge in [0.1, 0.15) is 6.04 Å². The standard InChI is InChI=1S/C16H22N2O2S/c19-15(20)14(11-12-7-3-1-4-8-12)18-16(21)17-13-9-5-2-6-10-13/h1,3-4,7-8,13-14H,2,5-6,9-11H2,(H,19,20)(H2,17,18,21)/t14-/m1/s1. The Morgan fingerprint density at radius 3 is 2.52 bits per heavy atom. The maximum atomic E-state index is 11.4. The molecule has 0 aromatic heterocycles. The van der Waals surface area contributed by atoms with E-state index in [1.165, 1.54) is 19.3 Å². The van der Waals surface area contributed by atoms with E-state index in [2.05, 4.69) is 10.6 Å². The number of benzene rings is 1. The van der Waals surface area contributed by atoms with Crippen LogP contribution in [0.3, 0.4) is 0 Å². The Hall–Kier alpha value is -1.62. The highest BCUT2D eigenvalue weighted by molar-refractivity contribution is 7.80. The van der Waals surface area contributed by atoms with Crippen molar-refractivity contribution in [2.75, 3.05) is 0 Å². The summed E-state index contributed by atoms with van der Waals surface area (Å²) >= 11 is 5.26. The monoisotopic (exact) mass is 306 g/mol. The molecule has 0 radical (unpaired) electrons. The minimum atomic E-state index is -0.883. The number of nitrogens with one attached hydrogen (secondary N) is 2. The molecule has 1 aliphatic carbocycles. The predicted octanol–water partition coefficient (Wildman–Crippen LogP) is 2.48. The first-order chi connectivity index (χ1) is 10.1. The van der Waals surface area contributed by atoms with Gasteiger partial charge in [-0.15, -0.1) is 0 Å². The van der Waals surface area contributed by atoms with Crippen LogP contribution in [0.1, 0.15) is 37.7 Å². The first-order valence-electron chi connectivity index (χ1n) is 7.49. The average Bonchev–Trinajstić information content (AvgIpc) is 2.48. The highest BCUT2D eigenvalue weighted by atomic mass is 32.1. The fourth-order valence-electron chi connectivity index (χ4n) is 2.68. The quantitative estimate of drug-likeness (QED) is 0.730. The summed E-state index contributed by atoms with van der Waals surface area (Å²) in [4.78, 5) is 11.4. The summed E-state index contributed by atoms with van der Waals surface area (Å²) in [5, 5.41) is 16.0. The molecule has 0 saturated heterocycles. The van der Waals surface area contributed by atoms with Gasteiger partial charge < -0.3 is 15.7 Å². The molecule has 0 unspecified atom stereocenters. The van der Waals surface area contributed by atoms with Gasteiger partial charge >= 0.3 is 5.97 Å². The van der Waals surface area contributed by atoms with E-state index >= 15 is 0 Å². The lowest BCUT2D eigenvalue weighted by molar-refractivity contribution is -0.139. The highest BCUT2D eigenvalue weighted by Crippen LogP contribution is 2.17. The maximum absolute atomic E-state index is 11.4. The molecule has 3 N–H and O–H groups in total.